The second kappa shape index (κ2) is 7.89. The smallest absolute Gasteiger partial charge is 0.382 e. The highest BCUT2D eigenvalue weighted by atomic mass is 32.1. The topological polar surface area (TPSA) is 54.0 Å². The number of hydrogen-bond donors (Lipinski definition) is 2. The number of thiocarbonyl (C=S) groups is 1. The molecule has 2 fully saturated rings. The van der Waals surface area contributed by atoms with Crippen LogP contribution in [0.5, 0.6) is 0 Å². The third-order valence-electron chi connectivity index (χ3n) is 5.56. The second-order valence-electron chi connectivity index (χ2n) is 7.83. The molecular weight excluding hydrogens is 399 g/mol. The lowest BCUT2D eigenvalue weighted by molar-refractivity contribution is -0.140. The van der Waals surface area contributed by atoms with Crippen LogP contribution in [0.3, 0.4) is 0 Å². The first kappa shape index (κ1) is 20.1. The van der Waals surface area contributed by atoms with Gasteiger partial charge in [0.05, 0.1) is 11.6 Å². The Labute approximate surface area is 172 Å². The van der Waals surface area contributed by atoms with Crippen molar-refractivity contribution in [2.24, 2.45) is 5.92 Å². The molecule has 0 unspecified atom stereocenters. The molecule has 2 N–H and O–H groups in total. The SMILES string of the molecule is O=C(N[C@H]1CC[C@@H](Nc2cc(C(F)(F)F)nc3ccccc23)CCC1=S)C1CC1. The predicted octanol–water partition coefficient (Wildman–Crippen LogP) is 4.87. The van der Waals surface area contributed by atoms with Gasteiger partial charge in [0, 0.05) is 27.9 Å². The van der Waals surface area contributed by atoms with Crippen molar-refractivity contribution in [2.45, 2.75) is 56.8 Å². The quantitative estimate of drug-likeness (QED) is 0.546. The van der Waals surface area contributed by atoms with Crippen LogP contribution in [0.4, 0.5) is 18.9 Å². The Hall–Kier alpha value is -2.22. The van der Waals surface area contributed by atoms with Gasteiger partial charge in [0.25, 0.3) is 0 Å². The largest absolute Gasteiger partial charge is 0.433 e. The van der Waals surface area contributed by atoms with E-state index in [4.69, 9.17) is 12.2 Å². The maximum atomic E-state index is 13.3. The number of hydrogen-bond acceptors (Lipinski definition) is 4. The summed E-state index contributed by atoms with van der Waals surface area (Å²) in [5, 5.41) is 7.00. The molecule has 0 radical (unpaired) electrons. The van der Waals surface area contributed by atoms with Crippen LogP contribution < -0.4 is 10.6 Å². The predicted molar refractivity (Wildman–Crippen MR) is 110 cm³/mol. The van der Waals surface area contributed by atoms with E-state index in [-0.39, 0.29) is 23.9 Å². The Morgan fingerprint density at radius 2 is 1.86 bits per heavy atom. The number of carbonyl (C=O) groups excluding carboxylic acids is 1. The van der Waals surface area contributed by atoms with Gasteiger partial charge in [-0.15, -0.1) is 0 Å². The average Bonchev–Trinajstić information content (AvgIpc) is 3.53. The first-order valence-corrected chi connectivity index (χ1v) is 10.3. The van der Waals surface area contributed by atoms with E-state index >= 15 is 0 Å². The molecule has 1 heterocycles. The van der Waals surface area contributed by atoms with Crippen LogP contribution >= 0.6 is 12.2 Å². The summed E-state index contributed by atoms with van der Waals surface area (Å²) in [6, 6.07) is 7.74. The zero-order valence-electron chi connectivity index (χ0n) is 15.8. The molecule has 2 saturated carbocycles. The van der Waals surface area contributed by atoms with Crippen molar-refractivity contribution in [2.75, 3.05) is 5.32 Å². The van der Waals surface area contributed by atoms with Crippen molar-refractivity contribution in [3.63, 3.8) is 0 Å². The number of para-hydroxylation sites is 1. The molecule has 2 aliphatic rings. The molecule has 2 aliphatic carbocycles. The van der Waals surface area contributed by atoms with Gasteiger partial charge in [0.15, 0.2) is 0 Å². The normalized spacial score (nSPS) is 22.9. The van der Waals surface area contributed by atoms with Gasteiger partial charge in [0.1, 0.15) is 5.69 Å². The van der Waals surface area contributed by atoms with Crippen LogP contribution in [0.1, 0.15) is 44.2 Å². The lowest BCUT2D eigenvalue weighted by Crippen LogP contribution is -2.40. The highest BCUT2D eigenvalue weighted by Crippen LogP contribution is 2.34. The first-order valence-electron chi connectivity index (χ1n) is 9.88. The van der Waals surface area contributed by atoms with E-state index in [2.05, 4.69) is 15.6 Å². The molecule has 29 heavy (non-hydrogen) atoms. The molecule has 0 spiro atoms. The van der Waals surface area contributed by atoms with Gasteiger partial charge in [-0.1, -0.05) is 30.4 Å². The fourth-order valence-corrected chi connectivity index (χ4v) is 4.05. The van der Waals surface area contributed by atoms with Crippen molar-refractivity contribution < 1.29 is 18.0 Å². The lowest BCUT2D eigenvalue weighted by Gasteiger charge is -2.20. The second-order valence-corrected chi connectivity index (χ2v) is 8.35. The minimum atomic E-state index is -4.51. The Bertz CT molecular complexity index is 942. The van der Waals surface area contributed by atoms with Crippen molar-refractivity contribution >= 4 is 39.6 Å². The number of pyridine rings is 1. The minimum Gasteiger partial charge on any atom is -0.382 e. The molecule has 0 saturated heterocycles. The number of carbonyl (C=O) groups is 1. The molecular formula is C21H22F3N3OS. The Morgan fingerprint density at radius 3 is 2.59 bits per heavy atom. The molecule has 4 nitrogen and oxygen atoms in total. The molecule has 1 amide bonds. The average molecular weight is 421 g/mol. The summed E-state index contributed by atoms with van der Waals surface area (Å²) in [6.07, 6.45) is 0.129. The maximum absolute atomic E-state index is 13.3. The van der Waals surface area contributed by atoms with Gasteiger partial charge in [-0.2, -0.15) is 13.2 Å². The highest BCUT2D eigenvalue weighted by Gasteiger charge is 2.34. The third-order valence-corrected chi connectivity index (χ3v) is 6.05. The Morgan fingerprint density at radius 1 is 1.10 bits per heavy atom. The summed E-state index contributed by atoms with van der Waals surface area (Å²) in [6.45, 7) is 0. The number of nitrogens with one attached hydrogen (secondary N) is 2. The van der Waals surface area contributed by atoms with E-state index < -0.39 is 11.9 Å². The zero-order chi connectivity index (χ0) is 20.6. The van der Waals surface area contributed by atoms with Gasteiger partial charge in [-0.05, 0) is 50.7 Å². The number of anilines is 1. The highest BCUT2D eigenvalue weighted by molar-refractivity contribution is 7.80. The Kier molecular flexibility index (Phi) is 5.46. The molecule has 2 atom stereocenters. The van der Waals surface area contributed by atoms with Crippen LogP contribution in [0.25, 0.3) is 10.9 Å². The number of fused-ring (bicyclic) bond motifs is 1. The molecule has 1 aromatic carbocycles. The summed E-state index contributed by atoms with van der Waals surface area (Å²) in [5.41, 5.74) is -0.166. The van der Waals surface area contributed by atoms with E-state index in [9.17, 15) is 18.0 Å². The third kappa shape index (κ3) is 4.69. The Balaban J connectivity index is 1.52. The number of nitrogens with zero attached hydrogens (tertiary/aromatic N) is 1. The van der Waals surface area contributed by atoms with E-state index in [1.807, 2.05) is 0 Å². The van der Waals surface area contributed by atoms with E-state index in [0.29, 0.717) is 42.3 Å². The van der Waals surface area contributed by atoms with Gasteiger partial charge in [-0.25, -0.2) is 4.98 Å². The van der Waals surface area contributed by atoms with Gasteiger partial charge in [0.2, 0.25) is 5.91 Å². The van der Waals surface area contributed by atoms with Gasteiger partial charge < -0.3 is 10.6 Å². The summed E-state index contributed by atoms with van der Waals surface area (Å²) in [7, 11) is 0. The van der Waals surface area contributed by atoms with Crippen LogP contribution in [0.2, 0.25) is 0 Å². The number of alkyl halides is 3. The van der Waals surface area contributed by atoms with Crippen LogP contribution in [-0.4, -0.2) is 27.8 Å². The first-order chi connectivity index (χ1) is 13.8. The number of amides is 1. The van der Waals surface area contributed by atoms with Crippen molar-refractivity contribution in [1.82, 2.24) is 10.3 Å². The van der Waals surface area contributed by atoms with Crippen molar-refractivity contribution in [3.8, 4) is 0 Å². The van der Waals surface area contributed by atoms with E-state index in [1.165, 1.54) is 0 Å². The van der Waals surface area contributed by atoms with Crippen LogP contribution in [0.15, 0.2) is 30.3 Å². The molecule has 4 rings (SSSR count). The van der Waals surface area contributed by atoms with E-state index in [1.54, 1.807) is 24.3 Å². The summed E-state index contributed by atoms with van der Waals surface area (Å²) >= 11 is 5.50. The van der Waals surface area contributed by atoms with Gasteiger partial charge >= 0.3 is 6.18 Å². The lowest BCUT2D eigenvalue weighted by atomic mass is 10.1. The molecule has 154 valence electrons. The molecule has 2 aromatic rings. The molecule has 8 heteroatoms. The van der Waals surface area contributed by atoms with Crippen LogP contribution in [-0.2, 0) is 11.0 Å². The minimum absolute atomic E-state index is 0.0253. The van der Waals surface area contributed by atoms with E-state index in [0.717, 1.165) is 23.8 Å². The number of rotatable bonds is 4. The molecule has 0 bridgehead atoms. The number of benzene rings is 1. The maximum Gasteiger partial charge on any atom is 0.433 e. The molecule has 1 aromatic heterocycles. The summed E-state index contributed by atoms with van der Waals surface area (Å²) in [4.78, 5) is 16.7. The number of halogens is 3. The van der Waals surface area contributed by atoms with Crippen molar-refractivity contribution in [1.29, 1.82) is 0 Å². The number of aromatic nitrogens is 1. The van der Waals surface area contributed by atoms with Crippen molar-refractivity contribution in [3.05, 3.63) is 36.0 Å². The van der Waals surface area contributed by atoms with Crippen LogP contribution in [0, 0.1) is 5.92 Å². The summed E-state index contributed by atoms with van der Waals surface area (Å²) in [5.74, 6) is 0.192. The fourth-order valence-electron chi connectivity index (χ4n) is 3.76. The summed E-state index contributed by atoms with van der Waals surface area (Å²) < 4.78 is 39.9. The van der Waals surface area contributed by atoms with Gasteiger partial charge in [-0.3, -0.25) is 4.79 Å². The monoisotopic (exact) mass is 421 g/mol. The standard InChI is InChI=1S/C21H22F3N3OS/c22-21(23,24)19-11-17(14-3-1-2-4-15(14)26-19)25-13-7-9-16(18(29)10-8-13)27-20(28)12-5-6-12/h1-4,11-13,16H,5-10H2,(H,25,26)(H,27,28)/t13-,16+/m1/s1. The molecule has 0 aliphatic heterocycles. The fraction of sp³-hybridized carbons (Fsp3) is 0.476. The zero-order valence-corrected chi connectivity index (χ0v) is 16.6.